The molecule has 1 aromatic heterocycles. The fourth-order valence-electron chi connectivity index (χ4n) is 3.41. The molecule has 3 heterocycles. The molecule has 158 valence electrons. The number of anilines is 1. The van der Waals surface area contributed by atoms with Gasteiger partial charge in [-0.25, -0.2) is 4.98 Å². The standard InChI is InChI=1S/C22H19N3O4S2/c1-13-2-5-15(6-3-13)25-21(27)20-16(8-9-30-20)24-22(25)31-11-19(26)23-14-4-7-17-18(10-14)29-12-28-17/h2-7,10H,8-9,11-12H2,1H3,(H,23,26). The molecule has 0 radical (unpaired) electrons. The van der Waals surface area contributed by atoms with Crippen LogP contribution in [-0.2, 0) is 11.2 Å². The Labute approximate surface area is 187 Å². The highest BCUT2D eigenvalue weighted by Crippen LogP contribution is 2.34. The first-order valence-electron chi connectivity index (χ1n) is 9.76. The lowest BCUT2D eigenvalue weighted by molar-refractivity contribution is -0.113. The number of amides is 1. The third-order valence-electron chi connectivity index (χ3n) is 4.95. The van der Waals surface area contributed by atoms with Gasteiger partial charge in [-0.3, -0.25) is 14.2 Å². The molecule has 2 aliphatic heterocycles. The van der Waals surface area contributed by atoms with Crippen LogP contribution in [0.2, 0.25) is 0 Å². The number of ether oxygens (including phenoxy) is 2. The number of aromatic nitrogens is 2. The Morgan fingerprint density at radius 3 is 2.84 bits per heavy atom. The maximum atomic E-state index is 13.2. The van der Waals surface area contributed by atoms with Crippen LogP contribution in [0.3, 0.4) is 0 Å². The minimum absolute atomic E-state index is 0.0740. The SMILES string of the molecule is Cc1ccc(-n2c(SCC(=O)Nc3ccc4c(c3)OCO4)nc3c(c2=O)SCC3)cc1. The predicted molar refractivity (Wildman–Crippen MR) is 121 cm³/mol. The first-order valence-corrected chi connectivity index (χ1v) is 11.7. The largest absolute Gasteiger partial charge is 0.454 e. The van der Waals surface area contributed by atoms with E-state index in [2.05, 4.69) is 5.32 Å². The summed E-state index contributed by atoms with van der Waals surface area (Å²) in [5, 5.41) is 3.38. The molecule has 1 N–H and O–H groups in total. The van der Waals surface area contributed by atoms with Crippen molar-refractivity contribution < 1.29 is 14.3 Å². The van der Waals surface area contributed by atoms with Gasteiger partial charge in [0.15, 0.2) is 16.7 Å². The number of nitrogens with zero attached hydrogens (tertiary/aromatic N) is 2. The number of hydrogen-bond donors (Lipinski definition) is 1. The molecule has 31 heavy (non-hydrogen) atoms. The van der Waals surface area contributed by atoms with Gasteiger partial charge in [0.25, 0.3) is 5.56 Å². The first kappa shape index (κ1) is 20.0. The van der Waals surface area contributed by atoms with Crippen LogP contribution in [-0.4, -0.2) is 33.8 Å². The second-order valence-electron chi connectivity index (χ2n) is 7.15. The molecule has 5 rings (SSSR count). The van der Waals surface area contributed by atoms with E-state index in [4.69, 9.17) is 14.5 Å². The Bertz CT molecular complexity index is 1220. The monoisotopic (exact) mass is 453 g/mol. The van der Waals surface area contributed by atoms with Crippen LogP contribution in [0.5, 0.6) is 11.5 Å². The van der Waals surface area contributed by atoms with Gasteiger partial charge in [-0.15, -0.1) is 11.8 Å². The van der Waals surface area contributed by atoms with Gasteiger partial charge in [0, 0.05) is 23.9 Å². The lowest BCUT2D eigenvalue weighted by Crippen LogP contribution is -2.24. The van der Waals surface area contributed by atoms with Crippen molar-refractivity contribution in [3.05, 3.63) is 64.1 Å². The van der Waals surface area contributed by atoms with Gasteiger partial charge in [0.1, 0.15) is 0 Å². The van der Waals surface area contributed by atoms with E-state index >= 15 is 0 Å². The number of fused-ring (bicyclic) bond motifs is 2. The van der Waals surface area contributed by atoms with Gasteiger partial charge in [-0.1, -0.05) is 29.5 Å². The van der Waals surface area contributed by atoms with Crippen LogP contribution in [0, 0.1) is 6.92 Å². The Morgan fingerprint density at radius 1 is 1.19 bits per heavy atom. The summed E-state index contributed by atoms with van der Waals surface area (Å²) in [5.74, 6) is 2.05. The maximum Gasteiger partial charge on any atom is 0.272 e. The molecule has 0 spiro atoms. The van der Waals surface area contributed by atoms with Crippen LogP contribution in [0.4, 0.5) is 5.69 Å². The van der Waals surface area contributed by atoms with Crippen LogP contribution in [0.1, 0.15) is 11.3 Å². The van der Waals surface area contributed by atoms with E-state index < -0.39 is 0 Å². The number of rotatable bonds is 5. The van der Waals surface area contributed by atoms with E-state index in [9.17, 15) is 9.59 Å². The smallest absolute Gasteiger partial charge is 0.272 e. The van der Waals surface area contributed by atoms with Crippen LogP contribution in [0.15, 0.2) is 57.3 Å². The van der Waals surface area contributed by atoms with Crippen molar-refractivity contribution in [2.24, 2.45) is 0 Å². The average Bonchev–Trinajstić information content (AvgIpc) is 3.42. The fraction of sp³-hybridized carbons (Fsp3) is 0.227. The number of benzene rings is 2. The predicted octanol–water partition coefficient (Wildman–Crippen LogP) is 3.65. The Balaban J connectivity index is 1.38. The number of carbonyl (C=O) groups is 1. The minimum Gasteiger partial charge on any atom is -0.454 e. The maximum absolute atomic E-state index is 13.2. The molecule has 7 nitrogen and oxygen atoms in total. The summed E-state index contributed by atoms with van der Waals surface area (Å²) in [5.41, 5.74) is 3.23. The van der Waals surface area contributed by atoms with E-state index in [0.29, 0.717) is 27.2 Å². The van der Waals surface area contributed by atoms with Crippen molar-refractivity contribution in [1.29, 1.82) is 0 Å². The number of carbonyl (C=O) groups excluding carboxylic acids is 1. The molecule has 0 fully saturated rings. The molecule has 2 aromatic carbocycles. The minimum atomic E-state index is -0.191. The number of hydrogen-bond acceptors (Lipinski definition) is 7. The molecular weight excluding hydrogens is 434 g/mol. The Hall–Kier alpha value is -2.91. The molecule has 0 bridgehead atoms. The summed E-state index contributed by atoms with van der Waals surface area (Å²) < 4.78 is 12.2. The summed E-state index contributed by atoms with van der Waals surface area (Å²) in [4.78, 5) is 31.2. The second-order valence-corrected chi connectivity index (χ2v) is 9.20. The molecule has 9 heteroatoms. The van der Waals surface area contributed by atoms with Gasteiger partial charge in [-0.2, -0.15) is 0 Å². The number of aryl methyl sites for hydroxylation is 2. The average molecular weight is 454 g/mol. The molecule has 2 aliphatic rings. The zero-order valence-corrected chi connectivity index (χ0v) is 18.3. The highest BCUT2D eigenvalue weighted by atomic mass is 32.2. The molecule has 0 aliphatic carbocycles. The van der Waals surface area contributed by atoms with E-state index in [-0.39, 0.29) is 24.0 Å². The molecule has 1 amide bonds. The van der Waals surface area contributed by atoms with Gasteiger partial charge in [0.05, 0.1) is 22.0 Å². The first-order chi connectivity index (χ1) is 15.1. The van der Waals surface area contributed by atoms with Crippen molar-refractivity contribution in [3.63, 3.8) is 0 Å². The van der Waals surface area contributed by atoms with Crippen LogP contribution < -0.4 is 20.3 Å². The van der Waals surface area contributed by atoms with Crippen molar-refractivity contribution in [2.75, 3.05) is 23.6 Å². The molecule has 0 saturated heterocycles. The van der Waals surface area contributed by atoms with E-state index in [1.165, 1.54) is 11.8 Å². The van der Waals surface area contributed by atoms with Gasteiger partial charge in [-0.05, 0) is 31.2 Å². The third kappa shape index (κ3) is 4.03. The van der Waals surface area contributed by atoms with Crippen molar-refractivity contribution in [1.82, 2.24) is 9.55 Å². The Morgan fingerprint density at radius 2 is 2.00 bits per heavy atom. The summed E-state index contributed by atoms with van der Waals surface area (Å²) in [7, 11) is 0. The summed E-state index contributed by atoms with van der Waals surface area (Å²) in [6.45, 7) is 2.18. The topological polar surface area (TPSA) is 82.5 Å². The van der Waals surface area contributed by atoms with E-state index in [1.807, 2.05) is 31.2 Å². The van der Waals surface area contributed by atoms with Gasteiger partial charge < -0.3 is 14.8 Å². The second kappa shape index (κ2) is 8.32. The van der Waals surface area contributed by atoms with Gasteiger partial charge in [0.2, 0.25) is 12.7 Å². The van der Waals surface area contributed by atoms with Crippen molar-refractivity contribution >= 4 is 35.1 Å². The fourth-order valence-corrected chi connectivity index (χ4v) is 5.27. The quantitative estimate of drug-likeness (QED) is 0.466. The lowest BCUT2D eigenvalue weighted by Gasteiger charge is -2.14. The van der Waals surface area contributed by atoms with Crippen LogP contribution >= 0.6 is 23.5 Å². The molecular formula is C22H19N3O4S2. The van der Waals surface area contributed by atoms with E-state index in [0.717, 1.165) is 29.1 Å². The highest BCUT2D eigenvalue weighted by molar-refractivity contribution is 8.00. The summed E-state index contributed by atoms with van der Waals surface area (Å²) in [6, 6.07) is 13.0. The molecule has 3 aromatic rings. The molecule has 0 saturated carbocycles. The third-order valence-corrected chi connectivity index (χ3v) is 6.99. The zero-order valence-electron chi connectivity index (χ0n) is 16.7. The summed E-state index contributed by atoms with van der Waals surface area (Å²) >= 11 is 2.80. The summed E-state index contributed by atoms with van der Waals surface area (Å²) in [6.07, 6.45) is 0.765. The van der Waals surface area contributed by atoms with Gasteiger partial charge >= 0.3 is 0 Å². The number of nitrogens with one attached hydrogen (secondary N) is 1. The highest BCUT2D eigenvalue weighted by Gasteiger charge is 2.23. The molecule has 0 unspecified atom stereocenters. The van der Waals surface area contributed by atoms with Crippen molar-refractivity contribution in [3.8, 4) is 17.2 Å². The Kier molecular flexibility index (Phi) is 5.37. The van der Waals surface area contributed by atoms with Crippen LogP contribution in [0.25, 0.3) is 5.69 Å². The lowest BCUT2D eigenvalue weighted by atomic mass is 10.2. The van der Waals surface area contributed by atoms with E-state index in [1.54, 1.807) is 34.5 Å². The normalized spacial score (nSPS) is 13.8. The van der Waals surface area contributed by atoms with Crippen molar-refractivity contribution in [2.45, 2.75) is 23.4 Å². The molecule has 0 atom stereocenters. The zero-order chi connectivity index (χ0) is 21.4. The number of thioether (sulfide) groups is 2.